The Bertz CT molecular complexity index is 1440. The number of carbonyl (C=O) groups excluding carboxylic acids is 1. The van der Waals surface area contributed by atoms with Crippen LogP contribution in [0, 0.1) is 6.92 Å². The molecular formula is C26H19F3N4OS. The molecule has 0 saturated carbocycles. The number of alkyl halides is 3. The second-order valence-corrected chi connectivity index (χ2v) is 9.13. The third-order valence-electron chi connectivity index (χ3n) is 5.63. The number of hydrogen-bond acceptors (Lipinski definition) is 5. The van der Waals surface area contributed by atoms with Crippen molar-refractivity contribution in [1.29, 1.82) is 0 Å². The van der Waals surface area contributed by atoms with Crippen molar-refractivity contribution in [2.24, 2.45) is 4.99 Å². The molecule has 0 bridgehead atoms. The number of carbonyl (C=O) groups is 1. The number of benzene rings is 2. The van der Waals surface area contributed by atoms with Crippen LogP contribution in [-0.2, 0) is 23.9 Å². The minimum atomic E-state index is -4.45. The summed E-state index contributed by atoms with van der Waals surface area (Å²) >= 11 is 1.33. The van der Waals surface area contributed by atoms with Gasteiger partial charge in [-0.15, -0.1) is 0 Å². The lowest BCUT2D eigenvalue weighted by atomic mass is 9.98. The molecule has 2 aromatic heterocycles. The third kappa shape index (κ3) is 4.85. The van der Waals surface area contributed by atoms with E-state index >= 15 is 0 Å². The number of halogens is 3. The van der Waals surface area contributed by atoms with Gasteiger partial charge >= 0.3 is 6.18 Å². The molecule has 5 nitrogen and oxygen atoms in total. The first-order valence-electron chi connectivity index (χ1n) is 10.8. The number of aryl methyl sites for hydroxylation is 1. The number of amides is 1. The molecule has 0 fully saturated rings. The summed E-state index contributed by atoms with van der Waals surface area (Å²) < 4.78 is 38.8. The number of hydrogen-bond donors (Lipinski definition) is 1. The molecule has 0 saturated heterocycles. The number of rotatable bonds is 5. The third-order valence-corrected chi connectivity index (χ3v) is 6.75. The smallest absolute Gasteiger partial charge is 0.302 e. The predicted octanol–water partition coefficient (Wildman–Crippen LogP) is 6.06. The summed E-state index contributed by atoms with van der Waals surface area (Å²) in [5.74, 6) is -0.423. The molecule has 35 heavy (non-hydrogen) atoms. The minimum Gasteiger partial charge on any atom is -0.302 e. The van der Waals surface area contributed by atoms with Crippen molar-refractivity contribution in [3.05, 3.63) is 101 Å². The highest BCUT2D eigenvalue weighted by molar-refractivity contribution is 7.19. The van der Waals surface area contributed by atoms with Crippen LogP contribution in [0.1, 0.15) is 33.5 Å². The zero-order chi connectivity index (χ0) is 24.6. The second-order valence-electron chi connectivity index (χ2n) is 8.14. The molecule has 5 rings (SSSR count). The van der Waals surface area contributed by atoms with Crippen molar-refractivity contribution in [2.45, 2.75) is 26.1 Å². The Labute approximate surface area is 203 Å². The minimum absolute atomic E-state index is 0.175. The van der Waals surface area contributed by atoms with Crippen LogP contribution in [-0.4, -0.2) is 21.6 Å². The Kier molecular flexibility index (Phi) is 5.94. The molecule has 1 aliphatic heterocycles. The van der Waals surface area contributed by atoms with E-state index in [2.05, 4.69) is 26.3 Å². The number of nitrogens with one attached hydrogen (secondary N) is 1. The lowest BCUT2D eigenvalue weighted by Gasteiger charge is -2.08. The number of nitrogens with zero attached hydrogens (tertiary/aromatic N) is 3. The van der Waals surface area contributed by atoms with Crippen molar-refractivity contribution in [1.82, 2.24) is 9.97 Å². The average Bonchev–Trinajstić information content (AvgIpc) is 3.41. The molecule has 0 aliphatic carbocycles. The van der Waals surface area contributed by atoms with E-state index in [9.17, 15) is 18.0 Å². The summed E-state index contributed by atoms with van der Waals surface area (Å²) in [6.07, 6.45) is -1.10. The molecule has 1 aliphatic rings. The van der Waals surface area contributed by atoms with Crippen molar-refractivity contribution in [3.63, 3.8) is 0 Å². The van der Waals surface area contributed by atoms with Gasteiger partial charge in [0.15, 0.2) is 5.13 Å². The topological polar surface area (TPSA) is 67.2 Å². The van der Waals surface area contributed by atoms with Crippen molar-refractivity contribution in [2.75, 3.05) is 5.32 Å². The van der Waals surface area contributed by atoms with Crippen LogP contribution >= 0.6 is 11.3 Å². The quantitative estimate of drug-likeness (QED) is 0.368. The Morgan fingerprint density at radius 1 is 1.09 bits per heavy atom. The van der Waals surface area contributed by atoms with Gasteiger partial charge in [0.2, 0.25) is 5.91 Å². The first-order chi connectivity index (χ1) is 16.8. The molecule has 9 heteroatoms. The summed E-state index contributed by atoms with van der Waals surface area (Å²) in [4.78, 5) is 26.7. The molecule has 0 radical (unpaired) electrons. The maximum absolute atomic E-state index is 12.9. The van der Waals surface area contributed by atoms with Gasteiger partial charge in [0.1, 0.15) is 0 Å². The van der Waals surface area contributed by atoms with Gasteiger partial charge in [-0.05, 0) is 47.9 Å². The molecule has 3 heterocycles. The molecule has 0 atom stereocenters. The summed E-state index contributed by atoms with van der Waals surface area (Å²) in [5, 5.41) is 3.12. The van der Waals surface area contributed by atoms with E-state index in [0.717, 1.165) is 50.7 Å². The molecule has 1 amide bonds. The monoisotopic (exact) mass is 492 g/mol. The van der Waals surface area contributed by atoms with Crippen LogP contribution in [0.25, 0.3) is 10.4 Å². The first kappa shape index (κ1) is 22.9. The zero-order valence-electron chi connectivity index (χ0n) is 18.6. The van der Waals surface area contributed by atoms with Crippen molar-refractivity contribution < 1.29 is 18.0 Å². The lowest BCUT2D eigenvalue weighted by molar-refractivity contribution is -0.137. The van der Waals surface area contributed by atoms with Crippen LogP contribution in [0.4, 0.5) is 18.3 Å². The largest absolute Gasteiger partial charge is 0.416 e. The number of aliphatic imine (C=N–C) groups is 1. The highest BCUT2D eigenvalue weighted by Crippen LogP contribution is 2.36. The number of anilines is 1. The van der Waals surface area contributed by atoms with E-state index in [-0.39, 0.29) is 12.0 Å². The van der Waals surface area contributed by atoms with Crippen LogP contribution < -0.4 is 5.32 Å². The number of pyridine rings is 1. The lowest BCUT2D eigenvalue weighted by Crippen LogP contribution is -2.15. The predicted molar refractivity (Wildman–Crippen MR) is 130 cm³/mol. The molecule has 4 aromatic rings. The molecule has 2 aromatic carbocycles. The maximum Gasteiger partial charge on any atom is 0.416 e. The highest BCUT2D eigenvalue weighted by atomic mass is 32.1. The SMILES string of the molecule is Cc1nc(NC(=O)Cc2cccc(C(F)(F)F)c2)sc1-c1ccc2c(c1)CN=C2c1cccnc1. The first-order valence-corrected chi connectivity index (χ1v) is 11.6. The Morgan fingerprint density at radius 2 is 1.94 bits per heavy atom. The van der Waals surface area contributed by atoms with Crippen LogP contribution in [0.3, 0.4) is 0 Å². The van der Waals surface area contributed by atoms with Crippen LogP contribution in [0.5, 0.6) is 0 Å². The van der Waals surface area contributed by atoms with E-state index in [1.165, 1.54) is 23.5 Å². The van der Waals surface area contributed by atoms with Gasteiger partial charge < -0.3 is 5.32 Å². The summed E-state index contributed by atoms with van der Waals surface area (Å²) in [5.41, 5.74) is 5.30. The molecule has 0 unspecified atom stereocenters. The number of fused-ring (bicyclic) bond motifs is 1. The van der Waals surface area contributed by atoms with E-state index in [1.54, 1.807) is 12.4 Å². The van der Waals surface area contributed by atoms with Gasteiger partial charge in [0, 0.05) is 23.5 Å². The molecular weight excluding hydrogens is 473 g/mol. The van der Waals surface area contributed by atoms with Crippen molar-refractivity contribution in [3.8, 4) is 10.4 Å². The highest BCUT2D eigenvalue weighted by Gasteiger charge is 2.30. The Morgan fingerprint density at radius 3 is 2.71 bits per heavy atom. The maximum atomic E-state index is 12.9. The Balaban J connectivity index is 1.31. The van der Waals surface area contributed by atoms with Gasteiger partial charge in [-0.2, -0.15) is 13.2 Å². The number of thiazole rings is 1. The summed E-state index contributed by atoms with van der Waals surface area (Å²) in [7, 11) is 0. The summed E-state index contributed by atoms with van der Waals surface area (Å²) in [6, 6.07) is 14.8. The zero-order valence-corrected chi connectivity index (χ0v) is 19.4. The van der Waals surface area contributed by atoms with Crippen molar-refractivity contribution >= 4 is 28.1 Å². The van der Waals surface area contributed by atoms with E-state index in [0.29, 0.717) is 11.7 Å². The van der Waals surface area contributed by atoms with E-state index < -0.39 is 17.6 Å². The normalized spacial score (nSPS) is 12.9. The van der Waals surface area contributed by atoms with Gasteiger partial charge in [0.25, 0.3) is 0 Å². The number of aromatic nitrogens is 2. The standard InChI is InChI=1S/C26H19F3N4OS/c1-15-24(17-7-8-21-19(12-17)14-31-23(21)18-5-3-9-30-13-18)35-25(32-15)33-22(34)11-16-4-2-6-20(10-16)26(27,28)29/h2-10,12-13H,11,14H2,1H3,(H,32,33,34). The summed E-state index contributed by atoms with van der Waals surface area (Å²) in [6.45, 7) is 2.44. The fraction of sp³-hybridized carbons (Fsp3) is 0.154. The molecule has 1 N–H and O–H groups in total. The van der Waals surface area contributed by atoms with Crippen LogP contribution in [0.2, 0.25) is 0 Å². The van der Waals surface area contributed by atoms with E-state index in [1.807, 2.05) is 31.2 Å². The van der Waals surface area contributed by atoms with Gasteiger partial charge in [0.05, 0.1) is 34.8 Å². The van der Waals surface area contributed by atoms with Gasteiger partial charge in [-0.1, -0.05) is 41.7 Å². The molecule has 0 spiro atoms. The Hall–Kier alpha value is -3.85. The second kappa shape index (κ2) is 9.07. The fourth-order valence-electron chi connectivity index (χ4n) is 4.02. The van der Waals surface area contributed by atoms with E-state index in [4.69, 9.17) is 0 Å². The molecule has 176 valence electrons. The fourth-order valence-corrected chi connectivity index (χ4v) is 5.00. The van der Waals surface area contributed by atoms with Gasteiger partial charge in [-0.25, -0.2) is 4.98 Å². The average molecular weight is 493 g/mol. The van der Waals surface area contributed by atoms with Crippen LogP contribution in [0.15, 0.2) is 72.0 Å². The van der Waals surface area contributed by atoms with Gasteiger partial charge in [-0.3, -0.25) is 14.8 Å².